The molecule has 19 heavy (non-hydrogen) atoms. The maximum absolute atomic E-state index is 13.8. The number of nitro benzene ring substituents is 1. The van der Waals surface area contributed by atoms with E-state index in [9.17, 15) is 14.5 Å². The van der Waals surface area contributed by atoms with E-state index in [4.69, 9.17) is 10.5 Å². The molecule has 0 saturated heterocycles. The van der Waals surface area contributed by atoms with Crippen molar-refractivity contribution in [1.82, 2.24) is 0 Å². The van der Waals surface area contributed by atoms with Crippen molar-refractivity contribution < 1.29 is 14.1 Å². The summed E-state index contributed by atoms with van der Waals surface area (Å²) in [6.45, 7) is 0.435. The highest BCUT2D eigenvalue weighted by molar-refractivity contribution is 5.59. The van der Waals surface area contributed by atoms with Crippen LogP contribution in [0, 0.1) is 15.9 Å². The maximum atomic E-state index is 13.8. The Bertz CT molecular complexity index is 503. The van der Waals surface area contributed by atoms with E-state index in [1.54, 1.807) is 0 Å². The number of rotatable bonds is 5. The first-order valence-corrected chi connectivity index (χ1v) is 6.00. The van der Waals surface area contributed by atoms with Crippen LogP contribution in [0.25, 0.3) is 0 Å². The minimum atomic E-state index is -0.685. The van der Waals surface area contributed by atoms with Gasteiger partial charge in [-0.3, -0.25) is 10.1 Å². The first kappa shape index (κ1) is 13.5. The van der Waals surface area contributed by atoms with Gasteiger partial charge in [0.2, 0.25) is 0 Å². The minimum Gasteiger partial charge on any atom is -0.490 e. The summed E-state index contributed by atoms with van der Waals surface area (Å²) in [5.41, 5.74) is 5.49. The molecule has 0 spiro atoms. The molecule has 6 nitrogen and oxygen atoms in total. The summed E-state index contributed by atoms with van der Waals surface area (Å²) in [5, 5.41) is 13.6. The summed E-state index contributed by atoms with van der Waals surface area (Å²) >= 11 is 0. The van der Waals surface area contributed by atoms with Gasteiger partial charge in [-0.15, -0.1) is 0 Å². The summed E-state index contributed by atoms with van der Waals surface area (Å²) in [5.74, 6) is -0.663. The molecule has 1 fully saturated rings. The number of halogens is 1. The molecule has 0 aliphatic heterocycles. The predicted molar refractivity (Wildman–Crippen MR) is 68.9 cm³/mol. The summed E-state index contributed by atoms with van der Waals surface area (Å²) in [7, 11) is 1.31. The smallest absolute Gasteiger partial charge is 0.313 e. The molecule has 7 heteroatoms. The summed E-state index contributed by atoms with van der Waals surface area (Å²) in [4.78, 5) is 10.1. The van der Waals surface area contributed by atoms with Crippen molar-refractivity contribution in [2.75, 3.05) is 19.0 Å². The number of ether oxygens (including phenoxy) is 1. The predicted octanol–water partition coefficient (Wildman–Crippen LogP) is 2.04. The molecule has 0 bridgehead atoms. The maximum Gasteiger partial charge on any atom is 0.313 e. The van der Waals surface area contributed by atoms with E-state index < -0.39 is 16.4 Å². The summed E-state index contributed by atoms with van der Waals surface area (Å²) in [6.07, 6.45) is 2.86. The van der Waals surface area contributed by atoms with Gasteiger partial charge in [0.25, 0.3) is 0 Å². The van der Waals surface area contributed by atoms with E-state index in [-0.39, 0.29) is 17.0 Å². The van der Waals surface area contributed by atoms with Crippen molar-refractivity contribution in [3.8, 4) is 5.75 Å². The SMILES string of the molecule is COc1cc(NCC2(N)CCC2)c(F)cc1[N+](=O)[O-]. The average Bonchev–Trinajstić information content (AvgIpc) is 2.34. The number of nitrogens with two attached hydrogens (primary N) is 1. The first-order chi connectivity index (χ1) is 8.95. The molecule has 1 aliphatic rings. The molecule has 104 valence electrons. The van der Waals surface area contributed by atoms with Crippen LogP contribution < -0.4 is 15.8 Å². The van der Waals surface area contributed by atoms with Crippen molar-refractivity contribution in [3.63, 3.8) is 0 Å². The van der Waals surface area contributed by atoms with E-state index in [2.05, 4.69) is 5.32 Å². The van der Waals surface area contributed by atoms with Gasteiger partial charge >= 0.3 is 5.69 Å². The van der Waals surface area contributed by atoms with E-state index in [0.717, 1.165) is 25.3 Å². The normalized spacial score (nSPS) is 16.6. The van der Waals surface area contributed by atoms with Gasteiger partial charge in [0.15, 0.2) is 11.6 Å². The largest absolute Gasteiger partial charge is 0.490 e. The molecule has 1 aliphatic carbocycles. The standard InChI is InChI=1S/C12H16FN3O3/c1-19-11-6-9(8(13)5-10(11)16(17)18)15-7-12(14)3-2-4-12/h5-6,15H,2-4,7,14H2,1H3. The molecular weight excluding hydrogens is 253 g/mol. The van der Waals surface area contributed by atoms with Gasteiger partial charge in [0.05, 0.1) is 23.8 Å². The third-order valence-corrected chi connectivity index (χ3v) is 3.45. The highest BCUT2D eigenvalue weighted by atomic mass is 19.1. The lowest BCUT2D eigenvalue weighted by Crippen LogP contribution is -2.52. The van der Waals surface area contributed by atoms with E-state index in [0.29, 0.717) is 6.54 Å². The number of nitro groups is 1. The van der Waals surface area contributed by atoms with Crippen molar-refractivity contribution >= 4 is 11.4 Å². The van der Waals surface area contributed by atoms with Crippen LogP contribution in [0.1, 0.15) is 19.3 Å². The Hall–Kier alpha value is -1.89. The summed E-state index contributed by atoms with van der Waals surface area (Å²) in [6, 6.07) is 2.14. The third kappa shape index (κ3) is 2.76. The monoisotopic (exact) mass is 269 g/mol. The van der Waals surface area contributed by atoms with Crippen LogP contribution in [0.15, 0.2) is 12.1 Å². The van der Waals surface area contributed by atoms with Gasteiger partial charge in [-0.2, -0.15) is 0 Å². The van der Waals surface area contributed by atoms with E-state index >= 15 is 0 Å². The van der Waals surface area contributed by atoms with Gasteiger partial charge < -0.3 is 15.8 Å². The molecule has 0 atom stereocenters. The fourth-order valence-electron chi connectivity index (χ4n) is 2.06. The molecule has 0 radical (unpaired) electrons. The molecule has 0 unspecified atom stereocenters. The van der Waals surface area contributed by atoms with Gasteiger partial charge in [0, 0.05) is 18.2 Å². The minimum absolute atomic E-state index is 0.0218. The van der Waals surface area contributed by atoms with Crippen molar-refractivity contribution in [1.29, 1.82) is 0 Å². The number of nitrogens with zero attached hydrogens (tertiary/aromatic N) is 1. The number of hydrogen-bond acceptors (Lipinski definition) is 5. The van der Waals surface area contributed by atoms with Gasteiger partial charge in [-0.05, 0) is 19.3 Å². The van der Waals surface area contributed by atoms with Crippen molar-refractivity contribution in [3.05, 3.63) is 28.1 Å². The zero-order chi connectivity index (χ0) is 14.0. The quantitative estimate of drug-likeness (QED) is 0.630. The average molecular weight is 269 g/mol. The fourth-order valence-corrected chi connectivity index (χ4v) is 2.06. The number of hydrogen-bond donors (Lipinski definition) is 2. The van der Waals surface area contributed by atoms with Crippen molar-refractivity contribution in [2.24, 2.45) is 5.73 Å². The highest BCUT2D eigenvalue weighted by Crippen LogP contribution is 2.34. The van der Waals surface area contributed by atoms with Crippen LogP contribution in [0.3, 0.4) is 0 Å². The van der Waals surface area contributed by atoms with Crippen LogP contribution in [-0.2, 0) is 0 Å². The lowest BCUT2D eigenvalue weighted by Gasteiger charge is -2.38. The topological polar surface area (TPSA) is 90.4 Å². The number of anilines is 1. The molecule has 1 saturated carbocycles. The Kier molecular flexibility index (Phi) is 3.57. The molecule has 1 aromatic rings. The second-order valence-corrected chi connectivity index (χ2v) is 4.83. The van der Waals surface area contributed by atoms with E-state index in [1.165, 1.54) is 13.2 Å². The Labute approximate surface area is 109 Å². The lowest BCUT2D eigenvalue weighted by atomic mass is 9.78. The second kappa shape index (κ2) is 5.00. The van der Waals surface area contributed by atoms with Gasteiger partial charge in [-0.25, -0.2) is 4.39 Å². The van der Waals surface area contributed by atoms with Crippen LogP contribution >= 0.6 is 0 Å². The molecule has 0 amide bonds. The van der Waals surface area contributed by atoms with Crippen molar-refractivity contribution in [2.45, 2.75) is 24.8 Å². The molecule has 0 aromatic heterocycles. The number of benzene rings is 1. The fraction of sp³-hybridized carbons (Fsp3) is 0.500. The lowest BCUT2D eigenvalue weighted by molar-refractivity contribution is -0.385. The number of nitrogens with one attached hydrogen (secondary N) is 1. The van der Waals surface area contributed by atoms with Crippen LogP contribution in [0.5, 0.6) is 5.75 Å². The molecule has 2 rings (SSSR count). The Morgan fingerprint density at radius 3 is 2.74 bits per heavy atom. The Morgan fingerprint density at radius 1 is 1.58 bits per heavy atom. The third-order valence-electron chi connectivity index (χ3n) is 3.45. The van der Waals surface area contributed by atoms with Crippen LogP contribution in [0.2, 0.25) is 0 Å². The molecule has 0 heterocycles. The zero-order valence-corrected chi connectivity index (χ0v) is 10.6. The van der Waals surface area contributed by atoms with Gasteiger partial charge in [-0.1, -0.05) is 0 Å². The Balaban J connectivity index is 2.18. The van der Waals surface area contributed by atoms with E-state index in [1.807, 2.05) is 0 Å². The van der Waals surface area contributed by atoms with Crippen LogP contribution in [0.4, 0.5) is 15.8 Å². The molecule has 1 aromatic carbocycles. The summed E-state index contributed by atoms with van der Waals surface area (Å²) < 4.78 is 18.7. The Morgan fingerprint density at radius 2 is 2.26 bits per heavy atom. The molecular formula is C12H16FN3O3. The van der Waals surface area contributed by atoms with Gasteiger partial charge in [0.1, 0.15) is 0 Å². The molecule has 3 N–H and O–H groups in total. The van der Waals surface area contributed by atoms with Crippen LogP contribution in [-0.4, -0.2) is 24.1 Å². The second-order valence-electron chi connectivity index (χ2n) is 4.83. The highest BCUT2D eigenvalue weighted by Gasteiger charge is 2.32. The first-order valence-electron chi connectivity index (χ1n) is 6.00. The zero-order valence-electron chi connectivity index (χ0n) is 10.6. The number of methoxy groups -OCH3 is 1.